The van der Waals surface area contributed by atoms with E-state index in [9.17, 15) is 0 Å². The molecule has 1 nitrogen and oxygen atoms in total. The molecule has 1 heteroatoms. The van der Waals surface area contributed by atoms with Gasteiger partial charge >= 0.3 is 0 Å². The number of rotatable bonds is 7. The van der Waals surface area contributed by atoms with E-state index in [1.54, 1.807) is 0 Å². The molecule has 2 aliphatic carbocycles. The van der Waals surface area contributed by atoms with Crippen molar-refractivity contribution in [3.63, 3.8) is 0 Å². The summed E-state index contributed by atoms with van der Waals surface area (Å²) in [6, 6.07) is 0.905. The van der Waals surface area contributed by atoms with Crippen molar-refractivity contribution in [3.05, 3.63) is 0 Å². The normalized spacial score (nSPS) is 30.6. The van der Waals surface area contributed by atoms with Crippen molar-refractivity contribution in [2.45, 2.75) is 64.8 Å². The molecule has 0 aromatic rings. The Morgan fingerprint density at radius 2 is 1.80 bits per heavy atom. The molecule has 0 aromatic heterocycles. The van der Waals surface area contributed by atoms with Crippen molar-refractivity contribution in [1.82, 2.24) is 5.32 Å². The van der Waals surface area contributed by atoms with Gasteiger partial charge in [0, 0.05) is 6.04 Å². The predicted molar refractivity (Wildman–Crippen MR) is 65.9 cm³/mol. The SMILES string of the molecule is CC(C)CCCC1CCC1CNC1CC1. The molecule has 2 atom stereocenters. The van der Waals surface area contributed by atoms with Crippen molar-refractivity contribution in [1.29, 1.82) is 0 Å². The molecule has 0 aromatic carbocycles. The Bertz CT molecular complexity index is 184. The molecule has 0 amide bonds. The topological polar surface area (TPSA) is 12.0 Å². The van der Waals surface area contributed by atoms with E-state index in [4.69, 9.17) is 0 Å². The van der Waals surface area contributed by atoms with Gasteiger partial charge in [0.25, 0.3) is 0 Å². The molecule has 1 N–H and O–H groups in total. The first-order valence-corrected chi connectivity index (χ1v) is 6.99. The molecule has 2 aliphatic rings. The molecule has 0 bridgehead atoms. The van der Waals surface area contributed by atoms with Crippen molar-refractivity contribution < 1.29 is 0 Å². The summed E-state index contributed by atoms with van der Waals surface area (Å²) in [7, 11) is 0. The third-order valence-corrected chi connectivity index (χ3v) is 4.18. The van der Waals surface area contributed by atoms with Gasteiger partial charge in [-0.3, -0.25) is 0 Å². The van der Waals surface area contributed by atoms with E-state index in [-0.39, 0.29) is 0 Å². The van der Waals surface area contributed by atoms with Crippen LogP contribution in [0.1, 0.15) is 58.8 Å². The molecule has 0 saturated heterocycles. The predicted octanol–water partition coefficient (Wildman–Crippen LogP) is 3.59. The van der Waals surface area contributed by atoms with E-state index in [0.29, 0.717) is 0 Å². The Morgan fingerprint density at radius 3 is 2.33 bits per heavy atom. The second-order valence-corrected chi connectivity index (χ2v) is 6.10. The highest BCUT2D eigenvalue weighted by Gasteiger charge is 2.31. The van der Waals surface area contributed by atoms with Crippen LogP contribution in [0.3, 0.4) is 0 Å². The van der Waals surface area contributed by atoms with Gasteiger partial charge in [0.15, 0.2) is 0 Å². The smallest absolute Gasteiger partial charge is 0.00683 e. The van der Waals surface area contributed by atoms with Gasteiger partial charge in [0.2, 0.25) is 0 Å². The fraction of sp³-hybridized carbons (Fsp3) is 1.00. The summed E-state index contributed by atoms with van der Waals surface area (Å²) in [5.74, 6) is 2.99. The zero-order valence-electron chi connectivity index (χ0n) is 10.5. The summed E-state index contributed by atoms with van der Waals surface area (Å²) < 4.78 is 0. The van der Waals surface area contributed by atoms with Crippen LogP contribution < -0.4 is 5.32 Å². The van der Waals surface area contributed by atoms with E-state index in [1.807, 2.05) is 0 Å². The van der Waals surface area contributed by atoms with Crippen LogP contribution in [-0.4, -0.2) is 12.6 Å². The van der Waals surface area contributed by atoms with Crippen LogP contribution in [-0.2, 0) is 0 Å². The standard InChI is InChI=1S/C14H27N/c1-11(2)4-3-5-12-6-7-13(12)10-15-14-8-9-14/h11-15H,3-10H2,1-2H3. The Morgan fingerprint density at radius 1 is 1.07 bits per heavy atom. The zero-order valence-corrected chi connectivity index (χ0v) is 10.5. The van der Waals surface area contributed by atoms with Gasteiger partial charge in [0.1, 0.15) is 0 Å². The van der Waals surface area contributed by atoms with Gasteiger partial charge in [-0.05, 0) is 50.0 Å². The fourth-order valence-corrected chi connectivity index (χ4v) is 2.68. The number of hydrogen-bond donors (Lipinski definition) is 1. The molecular weight excluding hydrogens is 182 g/mol. The van der Waals surface area contributed by atoms with Crippen molar-refractivity contribution in [3.8, 4) is 0 Å². The minimum Gasteiger partial charge on any atom is -0.314 e. The highest BCUT2D eigenvalue weighted by atomic mass is 14.9. The Balaban J connectivity index is 1.52. The highest BCUT2D eigenvalue weighted by Crippen LogP contribution is 2.38. The van der Waals surface area contributed by atoms with Crippen LogP contribution in [0.25, 0.3) is 0 Å². The molecule has 88 valence electrons. The average Bonchev–Trinajstić information content (AvgIpc) is 2.94. The summed E-state index contributed by atoms with van der Waals surface area (Å²) in [5, 5.41) is 3.69. The number of hydrogen-bond acceptors (Lipinski definition) is 1. The fourth-order valence-electron chi connectivity index (χ4n) is 2.68. The number of nitrogens with one attached hydrogen (secondary N) is 1. The third kappa shape index (κ3) is 3.79. The van der Waals surface area contributed by atoms with E-state index in [0.717, 1.165) is 23.8 Å². The minimum absolute atomic E-state index is 0.896. The lowest BCUT2D eigenvalue weighted by Crippen LogP contribution is -2.36. The van der Waals surface area contributed by atoms with Gasteiger partial charge in [-0.2, -0.15) is 0 Å². The van der Waals surface area contributed by atoms with Gasteiger partial charge in [-0.15, -0.1) is 0 Å². The molecule has 15 heavy (non-hydrogen) atoms. The first kappa shape index (κ1) is 11.4. The van der Waals surface area contributed by atoms with E-state index >= 15 is 0 Å². The van der Waals surface area contributed by atoms with Gasteiger partial charge < -0.3 is 5.32 Å². The van der Waals surface area contributed by atoms with Gasteiger partial charge in [-0.1, -0.05) is 33.1 Å². The zero-order chi connectivity index (χ0) is 10.7. The van der Waals surface area contributed by atoms with E-state index in [2.05, 4.69) is 19.2 Å². The molecule has 0 spiro atoms. The first-order valence-electron chi connectivity index (χ1n) is 6.99. The maximum atomic E-state index is 3.69. The first-order chi connectivity index (χ1) is 7.25. The quantitative estimate of drug-likeness (QED) is 0.675. The second-order valence-electron chi connectivity index (χ2n) is 6.10. The molecule has 2 rings (SSSR count). The van der Waals surface area contributed by atoms with Crippen molar-refractivity contribution in [2.75, 3.05) is 6.54 Å². The second kappa shape index (κ2) is 5.34. The summed E-state index contributed by atoms with van der Waals surface area (Å²) in [5.41, 5.74) is 0. The molecule has 2 unspecified atom stereocenters. The minimum atomic E-state index is 0.896. The van der Waals surface area contributed by atoms with Crippen molar-refractivity contribution in [2.24, 2.45) is 17.8 Å². The maximum absolute atomic E-state index is 3.69. The summed E-state index contributed by atoms with van der Waals surface area (Å²) in [4.78, 5) is 0. The Hall–Kier alpha value is -0.0400. The molecule has 0 heterocycles. The lowest BCUT2D eigenvalue weighted by Gasteiger charge is -2.37. The van der Waals surface area contributed by atoms with Crippen LogP contribution in [0.2, 0.25) is 0 Å². The summed E-state index contributed by atoms with van der Waals surface area (Å²) in [6.45, 7) is 6.00. The van der Waals surface area contributed by atoms with Crippen LogP contribution in [0, 0.1) is 17.8 Å². The summed E-state index contributed by atoms with van der Waals surface area (Å²) in [6.07, 6.45) is 10.3. The highest BCUT2D eigenvalue weighted by molar-refractivity contribution is 4.87. The van der Waals surface area contributed by atoms with Gasteiger partial charge in [0.05, 0.1) is 0 Å². The van der Waals surface area contributed by atoms with Crippen LogP contribution in [0.4, 0.5) is 0 Å². The van der Waals surface area contributed by atoms with Crippen LogP contribution in [0.5, 0.6) is 0 Å². The maximum Gasteiger partial charge on any atom is 0.00683 e. The van der Waals surface area contributed by atoms with Crippen LogP contribution >= 0.6 is 0 Å². The summed E-state index contributed by atoms with van der Waals surface area (Å²) >= 11 is 0. The van der Waals surface area contributed by atoms with Gasteiger partial charge in [-0.25, -0.2) is 0 Å². The lowest BCUT2D eigenvalue weighted by molar-refractivity contribution is 0.154. The lowest BCUT2D eigenvalue weighted by atomic mass is 9.71. The molecule has 0 radical (unpaired) electrons. The Kier molecular flexibility index (Phi) is 4.07. The molecular formula is C14H27N. The molecule has 2 saturated carbocycles. The van der Waals surface area contributed by atoms with Crippen LogP contribution in [0.15, 0.2) is 0 Å². The molecule has 0 aliphatic heterocycles. The monoisotopic (exact) mass is 209 g/mol. The van der Waals surface area contributed by atoms with E-state index in [1.165, 1.54) is 51.5 Å². The largest absolute Gasteiger partial charge is 0.314 e. The van der Waals surface area contributed by atoms with Crippen molar-refractivity contribution >= 4 is 0 Å². The molecule has 2 fully saturated rings. The third-order valence-electron chi connectivity index (χ3n) is 4.18. The average molecular weight is 209 g/mol. The van der Waals surface area contributed by atoms with E-state index < -0.39 is 0 Å². The Labute approximate surface area is 95.0 Å².